The van der Waals surface area contributed by atoms with Gasteiger partial charge in [-0.3, -0.25) is 4.99 Å². The highest BCUT2D eigenvalue weighted by Gasteiger charge is 2.28. The summed E-state index contributed by atoms with van der Waals surface area (Å²) in [6.45, 7) is 7.75. The number of guanidine groups is 1. The standard InChI is InChI=1S/C18H30FN3O3S/c1-6-15(25-16-9-7-8-14(19)12-16)13-22-17(20-5)21-10-11-26(23,24)18(2,3)4/h7-9,12,15H,6,10-11,13H2,1-5H3,(H2,20,21,22). The van der Waals surface area contributed by atoms with Crippen LogP contribution in [0, 0.1) is 5.82 Å². The van der Waals surface area contributed by atoms with Gasteiger partial charge in [0.15, 0.2) is 15.8 Å². The fraction of sp³-hybridized carbons (Fsp3) is 0.611. The van der Waals surface area contributed by atoms with Crippen LogP contribution in [-0.2, 0) is 9.84 Å². The van der Waals surface area contributed by atoms with Crippen LogP contribution in [0.15, 0.2) is 29.3 Å². The van der Waals surface area contributed by atoms with Gasteiger partial charge in [0, 0.05) is 19.7 Å². The first-order chi connectivity index (χ1) is 12.1. The normalized spacial score (nSPS) is 14.0. The van der Waals surface area contributed by atoms with Crippen LogP contribution in [0.3, 0.4) is 0 Å². The van der Waals surface area contributed by atoms with Crippen molar-refractivity contribution in [2.45, 2.75) is 45.0 Å². The number of hydrogen-bond acceptors (Lipinski definition) is 4. The molecule has 1 atom stereocenters. The summed E-state index contributed by atoms with van der Waals surface area (Å²) < 4.78 is 42.4. The molecule has 0 spiro atoms. The highest BCUT2D eigenvalue weighted by molar-refractivity contribution is 7.92. The highest BCUT2D eigenvalue weighted by atomic mass is 32.2. The van der Waals surface area contributed by atoms with E-state index in [2.05, 4.69) is 15.6 Å². The molecule has 1 aromatic rings. The van der Waals surface area contributed by atoms with Gasteiger partial charge in [0.05, 0.1) is 17.0 Å². The predicted octanol–water partition coefficient (Wildman–Crippen LogP) is 2.36. The van der Waals surface area contributed by atoms with Gasteiger partial charge < -0.3 is 15.4 Å². The van der Waals surface area contributed by atoms with Gasteiger partial charge >= 0.3 is 0 Å². The summed E-state index contributed by atoms with van der Waals surface area (Å²) in [7, 11) is -1.57. The molecular weight excluding hydrogens is 357 g/mol. The number of benzene rings is 1. The number of halogens is 1. The van der Waals surface area contributed by atoms with Crippen molar-refractivity contribution in [1.82, 2.24) is 10.6 Å². The van der Waals surface area contributed by atoms with Crippen molar-refractivity contribution < 1.29 is 17.5 Å². The van der Waals surface area contributed by atoms with E-state index < -0.39 is 14.6 Å². The van der Waals surface area contributed by atoms with Crippen molar-refractivity contribution in [1.29, 1.82) is 0 Å². The molecule has 0 bridgehead atoms. The number of nitrogens with zero attached hydrogens (tertiary/aromatic N) is 1. The summed E-state index contributed by atoms with van der Waals surface area (Å²) in [6, 6.07) is 6.01. The number of sulfone groups is 1. The molecule has 0 amide bonds. The molecule has 0 fully saturated rings. The third kappa shape index (κ3) is 7.19. The summed E-state index contributed by atoms with van der Waals surface area (Å²) in [6.07, 6.45) is 0.549. The summed E-state index contributed by atoms with van der Waals surface area (Å²) in [5, 5.41) is 6.10. The SMILES string of the molecule is CCC(CNC(=NC)NCCS(=O)(=O)C(C)(C)C)Oc1cccc(F)c1. The maximum Gasteiger partial charge on any atom is 0.191 e. The monoisotopic (exact) mass is 387 g/mol. The van der Waals surface area contributed by atoms with Crippen molar-refractivity contribution >= 4 is 15.8 Å². The first-order valence-corrected chi connectivity index (χ1v) is 10.3. The van der Waals surface area contributed by atoms with E-state index in [-0.39, 0.29) is 24.2 Å². The third-order valence-corrected chi connectivity index (χ3v) is 6.48. The maximum atomic E-state index is 13.2. The molecule has 0 radical (unpaired) electrons. The van der Waals surface area contributed by atoms with Crippen LogP contribution in [0.4, 0.5) is 4.39 Å². The number of nitrogens with one attached hydrogen (secondary N) is 2. The van der Waals surface area contributed by atoms with E-state index in [0.717, 1.165) is 6.42 Å². The Balaban J connectivity index is 2.49. The van der Waals surface area contributed by atoms with Crippen LogP contribution in [-0.4, -0.2) is 51.1 Å². The second-order valence-electron chi connectivity index (χ2n) is 6.92. The zero-order valence-corrected chi connectivity index (χ0v) is 17.0. The fourth-order valence-corrected chi connectivity index (χ4v) is 3.03. The first-order valence-electron chi connectivity index (χ1n) is 8.68. The van der Waals surface area contributed by atoms with E-state index in [1.807, 2.05) is 6.92 Å². The molecule has 0 saturated heterocycles. The van der Waals surface area contributed by atoms with E-state index in [9.17, 15) is 12.8 Å². The van der Waals surface area contributed by atoms with Gasteiger partial charge in [0.25, 0.3) is 0 Å². The van der Waals surface area contributed by atoms with E-state index >= 15 is 0 Å². The smallest absolute Gasteiger partial charge is 0.191 e. The largest absolute Gasteiger partial charge is 0.489 e. The molecule has 0 heterocycles. The summed E-state index contributed by atoms with van der Waals surface area (Å²) in [5.74, 6) is 0.643. The van der Waals surface area contributed by atoms with Crippen molar-refractivity contribution in [3.05, 3.63) is 30.1 Å². The van der Waals surface area contributed by atoms with Crippen molar-refractivity contribution in [2.75, 3.05) is 25.9 Å². The van der Waals surface area contributed by atoms with Crippen LogP contribution in [0.5, 0.6) is 5.75 Å². The molecule has 1 rings (SSSR count). The zero-order chi connectivity index (χ0) is 19.8. The average Bonchev–Trinajstić information content (AvgIpc) is 2.55. The molecule has 0 aliphatic rings. The first kappa shape index (κ1) is 22.2. The molecule has 2 N–H and O–H groups in total. The van der Waals surface area contributed by atoms with E-state index in [1.54, 1.807) is 40.0 Å². The van der Waals surface area contributed by atoms with E-state index in [0.29, 0.717) is 18.3 Å². The average molecular weight is 388 g/mol. The van der Waals surface area contributed by atoms with Crippen LogP contribution in [0.25, 0.3) is 0 Å². The van der Waals surface area contributed by atoms with Gasteiger partial charge in [-0.15, -0.1) is 0 Å². The summed E-state index contributed by atoms with van der Waals surface area (Å²) >= 11 is 0. The molecule has 0 aromatic heterocycles. The lowest BCUT2D eigenvalue weighted by molar-refractivity contribution is 0.199. The topological polar surface area (TPSA) is 79.8 Å². The Hall–Kier alpha value is -1.83. The van der Waals surface area contributed by atoms with Gasteiger partial charge in [0.1, 0.15) is 17.7 Å². The zero-order valence-electron chi connectivity index (χ0n) is 16.2. The number of rotatable bonds is 8. The molecule has 6 nitrogen and oxygen atoms in total. The molecule has 8 heteroatoms. The van der Waals surface area contributed by atoms with Gasteiger partial charge in [-0.05, 0) is 39.3 Å². The second-order valence-corrected chi connectivity index (χ2v) is 9.78. The molecule has 0 saturated carbocycles. The molecule has 148 valence electrons. The van der Waals surface area contributed by atoms with Crippen LogP contribution in [0.1, 0.15) is 34.1 Å². The lowest BCUT2D eigenvalue weighted by atomic mass is 10.2. The molecular formula is C18H30FN3O3S. The second kappa shape index (κ2) is 9.75. The number of ether oxygens (including phenoxy) is 1. The van der Waals surface area contributed by atoms with Crippen molar-refractivity contribution in [2.24, 2.45) is 4.99 Å². The Bertz CT molecular complexity index is 700. The van der Waals surface area contributed by atoms with Crippen LogP contribution < -0.4 is 15.4 Å². The molecule has 26 heavy (non-hydrogen) atoms. The minimum absolute atomic E-state index is 0.0220. The van der Waals surface area contributed by atoms with Gasteiger partial charge in [-0.25, -0.2) is 12.8 Å². The Morgan fingerprint density at radius 2 is 2.00 bits per heavy atom. The Kier molecular flexibility index (Phi) is 8.33. The maximum absolute atomic E-state index is 13.2. The lowest BCUT2D eigenvalue weighted by Gasteiger charge is -2.21. The number of hydrogen-bond donors (Lipinski definition) is 2. The van der Waals surface area contributed by atoms with Crippen molar-refractivity contribution in [3.8, 4) is 5.75 Å². The Labute approximate surface area is 156 Å². The fourth-order valence-electron chi connectivity index (χ4n) is 2.04. The molecule has 0 aliphatic heterocycles. The van der Waals surface area contributed by atoms with Gasteiger partial charge in [0.2, 0.25) is 0 Å². The molecule has 0 aliphatic carbocycles. The van der Waals surface area contributed by atoms with Crippen LogP contribution in [0.2, 0.25) is 0 Å². The summed E-state index contributed by atoms with van der Waals surface area (Å²) in [4.78, 5) is 4.08. The quantitative estimate of drug-likeness (QED) is 0.529. The number of aliphatic imine (C=N–C) groups is 1. The highest BCUT2D eigenvalue weighted by Crippen LogP contribution is 2.15. The lowest BCUT2D eigenvalue weighted by Crippen LogP contribution is -2.44. The Morgan fingerprint density at radius 3 is 2.54 bits per heavy atom. The molecule has 1 unspecified atom stereocenters. The van der Waals surface area contributed by atoms with Gasteiger partial charge in [-0.1, -0.05) is 13.0 Å². The van der Waals surface area contributed by atoms with E-state index in [4.69, 9.17) is 4.74 Å². The molecule has 1 aromatic carbocycles. The Morgan fingerprint density at radius 1 is 1.31 bits per heavy atom. The van der Waals surface area contributed by atoms with Gasteiger partial charge in [-0.2, -0.15) is 0 Å². The van der Waals surface area contributed by atoms with Crippen molar-refractivity contribution in [3.63, 3.8) is 0 Å². The van der Waals surface area contributed by atoms with E-state index in [1.165, 1.54) is 12.1 Å². The predicted molar refractivity (Wildman–Crippen MR) is 104 cm³/mol. The minimum atomic E-state index is -3.19. The van der Waals surface area contributed by atoms with Crippen LogP contribution >= 0.6 is 0 Å². The third-order valence-electron chi connectivity index (χ3n) is 3.87. The summed E-state index contributed by atoms with van der Waals surface area (Å²) in [5.41, 5.74) is 0. The minimum Gasteiger partial charge on any atom is -0.489 e.